The van der Waals surface area contributed by atoms with Gasteiger partial charge < -0.3 is 15.4 Å². The molecule has 0 bridgehead atoms. The fourth-order valence-corrected chi connectivity index (χ4v) is 2.33. The van der Waals surface area contributed by atoms with Crippen LogP contribution in [0.15, 0.2) is 15.5 Å². The maximum atomic E-state index is 11.7. The van der Waals surface area contributed by atoms with Crippen molar-refractivity contribution in [3.63, 3.8) is 0 Å². The summed E-state index contributed by atoms with van der Waals surface area (Å²) < 4.78 is 7.13. The van der Waals surface area contributed by atoms with Crippen LogP contribution in [0.2, 0.25) is 0 Å². The van der Waals surface area contributed by atoms with E-state index in [2.05, 4.69) is 31.7 Å². The van der Waals surface area contributed by atoms with Crippen molar-refractivity contribution in [2.75, 3.05) is 25.5 Å². The van der Waals surface area contributed by atoms with Crippen LogP contribution in [0.25, 0.3) is 0 Å². The number of aromatic nitrogens is 2. The van der Waals surface area contributed by atoms with E-state index in [1.165, 1.54) is 4.68 Å². The number of nitrogens with one attached hydrogen (secondary N) is 2. The van der Waals surface area contributed by atoms with Gasteiger partial charge in [0.25, 0.3) is 5.56 Å². The Labute approximate surface area is 107 Å². The molecular weight excluding hydrogens is 288 g/mol. The molecule has 1 unspecified atom stereocenters. The molecule has 2 N–H and O–H groups in total. The molecule has 2 atom stereocenters. The Kier molecular flexibility index (Phi) is 3.80. The third kappa shape index (κ3) is 2.51. The number of nitrogens with zero attached hydrogens (tertiary/aromatic N) is 2. The van der Waals surface area contributed by atoms with Gasteiger partial charge in [-0.25, -0.2) is 4.68 Å². The van der Waals surface area contributed by atoms with E-state index in [9.17, 15) is 4.79 Å². The van der Waals surface area contributed by atoms with E-state index in [0.29, 0.717) is 10.2 Å². The SMILES string of the molecule is CO[C@H]1CNCC1Nc1cnn(C)c(=O)c1Br. The van der Waals surface area contributed by atoms with Crippen molar-refractivity contribution in [3.05, 3.63) is 21.0 Å². The topological polar surface area (TPSA) is 68.2 Å². The number of hydrogen-bond acceptors (Lipinski definition) is 5. The van der Waals surface area contributed by atoms with Gasteiger partial charge in [-0.2, -0.15) is 5.10 Å². The number of methoxy groups -OCH3 is 1. The van der Waals surface area contributed by atoms with Crippen LogP contribution in [-0.4, -0.2) is 42.1 Å². The fraction of sp³-hybridized carbons (Fsp3) is 0.600. The van der Waals surface area contributed by atoms with Crippen molar-refractivity contribution in [3.8, 4) is 0 Å². The third-order valence-corrected chi connectivity index (χ3v) is 3.65. The first kappa shape index (κ1) is 12.5. The average Bonchev–Trinajstić information content (AvgIpc) is 2.77. The molecule has 2 heterocycles. The van der Waals surface area contributed by atoms with Gasteiger partial charge in [0.05, 0.1) is 24.0 Å². The van der Waals surface area contributed by atoms with E-state index in [1.54, 1.807) is 20.4 Å². The second-order valence-corrected chi connectivity index (χ2v) is 4.78. The molecule has 17 heavy (non-hydrogen) atoms. The van der Waals surface area contributed by atoms with E-state index < -0.39 is 0 Å². The lowest BCUT2D eigenvalue weighted by molar-refractivity contribution is 0.111. The Morgan fingerprint density at radius 2 is 2.41 bits per heavy atom. The zero-order valence-electron chi connectivity index (χ0n) is 9.74. The first-order chi connectivity index (χ1) is 8.13. The summed E-state index contributed by atoms with van der Waals surface area (Å²) in [7, 11) is 3.30. The number of ether oxygens (including phenoxy) is 1. The summed E-state index contributed by atoms with van der Waals surface area (Å²) >= 11 is 3.28. The van der Waals surface area contributed by atoms with Crippen molar-refractivity contribution >= 4 is 21.6 Å². The van der Waals surface area contributed by atoms with Crippen molar-refractivity contribution in [1.82, 2.24) is 15.1 Å². The highest BCUT2D eigenvalue weighted by Gasteiger charge is 2.27. The van der Waals surface area contributed by atoms with Crippen LogP contribution in [0.3, 0.4) is 0 Å². The first-order valence-corrected chi connectivity index (χ1v) is 6.14. The number of anilines is 1. The minimum atomic E-state index is -0.157. The number of rotatable bonds is 3. The molecular formula is C10H15BrN4O2. The molecule has 0 radical (unpaired) electrons. The van der Waals surface area contributed by atoms with Crippen LogP contribution < -0.4 is 16.2 Å². The van der Waals surface area contributed by atoms with Crippen LogP contribution in [0.4, 0.5) is 5.69 Å². The number of aryl methyl sites for hydroxylation is 1. The van der Waals surface area contributed by atoms with Gasteiger partial charge in [0.15, 0.2) is 0 Å². The summed E-state index contributed by atoms with van der Waals surface area (Å²) in [5.74, 6) is 0. The highest BCUT2D eigenvalue weighted by molar-refractivity contribution is 9.10. The van der Waals surface area contributed by atoms with Crippen molar-refractivity contribution in [2.24, 2.45) is 7.05 Å². The first-order valence-electron chi connectivity index (χ1n) is 5.35. The van der Waals surface area contributed by atoms with Crippen LogP contribution in [-0.2, 0) is 11.8 Å². The highest BCUT2D eigenvalue weighted by atomic mass is 79.9. The summed E-state index contributed by atoms with van der Waals surface area (Å²) in [4.78, 5) is 11.7. The van der Waals surface area contributed by atoms with Crippen LogP contribution in [0.5, 0.6) is 0 Å². The smallest absolute Gasteiger partial charge is 0.282 e. The Morgan fingerprint density at radius 1 is 1.65 bits per heavy atom. The standard InChI is InChI=1S/C10H15BrN4O2/c1-15-10(16)9(11)7(4-13-15)14-6-3-12-5-8(6)17-2/h4,6,8,12,14H,3,5H2,1-2H3/t6?,8-/m0/s1. The van der Waals surface area contributed by atoms with Crippen molar-refractivity contribution in [1.29, 1.82) is 0 Å². The predicted molar refractivity (Wildman–Crippen MR) is 68.3 cm³/mol. The summed E-state index contributed by atoms with van der Waals surface area (Å²) in [6.45, 7) is 1.62. The number of hydrogen-bond donors (Lipinski definition) is 2. The molecule has 1 aromatic heterocycles. The van der Waals surface area contributed by atoms with Gasteiger partial charge in [-0.05, 0) is 15.9 Å². The van der Waals surface area contributed by atoms with Crippen molar-refractivity contribution in [2.45, 2.75) is 12.1 Å². The van der Waals surface area contributed by atoms with Gasteiger partial charge in [0.1, 0.15) is 4.47 Å². The van der Waals surface area contributed by atoms with E-state index >= 15 is 0 Å². The predicted octanol–water partition coefficient (Wildman–Crippen LogP) is -0.0585. The van der Waals surface area contributed by atoms with Gasteiger partial charge in [0.2, 0.25) is 0 Å². The second-order valence-electron chi connectivity index (χ2n) is 3.98. The van der Waals surface area contributed by atoms with Crippen LogP contribution in [0, 0.1) is 0 Å². The number of halogens is 1. The summed E-state index contributed by atoms with van der Waals surface area (Å²) in [6, 6.07) is 0.144. The molecule has 0 spiro atoms. The molecule has 0 aliphatic carbocycles. The van der Waals surface area contributed by atoms with E-state index in [0.717, 1.165) is 13.1 Å². The summed E-state index contributed by atoms with van der Waals surface area (Å²) in [5.41, 5.74) is 0.541. The maximum Gasteiger partial charge on any atom is 0.282 e. The zero-order valence-corrected chi connectivity index (χ0v) is 11.3. The Balaban J connectivity index is 2.19. The van der Waals surface area contributed by atoms with E-state index in [1.807, 2.05) is 0 Å². The third-order valence-electron chi connectivity index (χ3n) is 2.88. The average molecular weight is 303 g/mol. The lowest BCUT2D eigenvalue weighted by Crippen LogP contribution is -2.34. The molecule has 94 valence electrons. The lowest BCUT2D eigenvalue weighted by Gasteiger charge is -2.20. The quantitative estimate of drug-likeness (QED) is 0.819. The normalized spacial score (nSPS) is 23.9. The van der Waals surface area contributed by atoms with Gasteiger partial charge in [-0.1, -0.05) is 0 Å². The molecule has 6 nitrogen and oxygen atoms in total. The Hall–Kier alpha value is -0.920. The molecule has 0 aromatic carbocycles. The molecule has 1 aliphatic heterocycles. The highest BCUT2D eigenvalue weighted by Crippen LogP contribution is 2.19. The lowest BCUT2D eigenvalue weighted by atomic mass is 10.2. The molecule has 1 aromatic rings. The molecule has 1 saturated heterocycles. The zero-order chi connectivity index (χ0) is 12.4. The minimum Gasteiger partial charge on any atom is -0.378 e. The molecule has 0 saturated carbocycles. The maximum absolute atomic E-state index is 11.7. The molecule has 0 amide bonds. The summed E-state index contributed by atoms with van der Waals surface area (Å²) in [6.07, 6.45) is 1.74. The monoisotopic (exact) mass is 302 g/mol. The minimum absolute atomic E-state index is 0.103. The Morgan fingerprint density at radius 3 is 3.12 bits per heavy atom. The molecule has 1 fully saturated rings. The second kappa shape index (κ2) is 5.16. The van der Waals surface area contributed by atoms with Gasteiger partial charge in [-0.3, -0.25) is 4.79 Å². The van der Waals surface area contributed by atoms with Gasteiger partial charge in [0, 0.05) is 27.2 Å². The van der Waals surface area contributed by atoms with Crippen LogP contribution >= 0.6 is 15.9 Å². The van der Waals surface area contributed by atoms with E-state index in [4.69, 9.17) is 4.74 Å². The van der Waals surface area contributed by atoms with Gasteiger partial charge in [-0.15, -0.1) is 0 Å². The van der Waals surface area contributed by atoms with E-state index in [-0.39, 0.29) is 17.7 Å². The molecule has 7 heteroatoms. The largest absolute Gasteiger partial charge is 0.378 e. The molecule has 1 aliphatic rings. The van der Waals surface area contributed by atoms with Crippen molar-refractivity contribution < 1.29 is 4.74 Å². The Bertz CT molecular complexity index is 462. The van der Waals surface area contributed by atoms with Crippen LogP contribution in [0.1, 0.15) is 0 Å². The van der Waals surface area contributed by atoms with Gasteiger partial charge >= 0.3 is 0 Å². The summed E-state index contributed by atoms with van der Waals surface area (Å²) in [5, 5.41) is 10.5. The fourth-order valence-electron chi connectivity index (χ4n) is 1.86. The molecule has 2 rings (SSSR count).